The lowest BCUT2D eigenvalue weighted by Gasteiger charge is -2.04. The highest BCUT2D eigenvalue weighted by molar-refractivity contribution is 7.08. The van der Waals surface area contributed by atoms with Gasteiger partial charge in [-0.05, 0) is 24.3 Å². The van der Waals surface area contributed by atoms with Crippen LogP contribution in [0.1, 0.15) is 25.2 Å². The van der Waals surface area contributed by atoms with E-state index < -0.39 is 5.97 Å². The van der Waals surface area contributed by atoms with E-state index in [0.717, 1.165) is 18.4 Å². The van der Waals surface area contributed by atoms with Crippen LogP contribution in [0.2, 0.25) is 0 Å². The summed E-state index contributed by atoms with van der Waals surface area (Å²) in [6.45, 7) is -0.237. The van der Waals surface area contributed by atoms with E-state index in [4.69, 9.17) is 9.26 Å². The summed E-state index contributed by atoms with van der Waals surface area (Å²) < 4.78 is 9.98. The first-order valence-electron chi connectivity index (χ1n) is 7.01. The second-order valence-electron chi connectivity index (χ2n) is 5.03. The molecule has 1 fully saturated rings. The maximum atomic E-state index is 11.6. The van der Waals surface area contributed by atoms with Crippen molar-refractivity contribution >= 4 is 23.2 Å². The van der Waals surface area contributed by atoms with E-state index in [1.165, 1.54) is 0 Å². The molecule has 2 heterocycles. The molecule has 2 aromatic rings. The van der Waals surface area contributed by atoms with Crippen molar-refractivity contribution in [1.82, 2.24) is 15.5 Å². The third-order valence-electron chi connectivity index (χ3n) is 3.10. The lowest BCUT2D eigenvalue weighted by Crippen LogP contribution is -2.30. The third kappa shape index (κ3) is 4.14. The summed E-state index contributed by atoms with van der Waals surface area (Å²) in [6.07, 6.45) is 2.40. The predicted molar refractivity (Wildman–Crippen MR) is 78.1 cm³/mol. The lowest BCUT2D eigenvalue weighted by molar-refractivity contribution is -0.148. The molecule has 0 radical (unpaired) electrons. The minimum absolute atomic E-state index is 0.0992. The van der Waals surface area contributed by atoms with Crippen molar-refractivity contribution in [3.8, 4) is 11.4 Å². The first-order chi connectivity index (χ1) is 10.7. The van der Waals surface area contributed by atoms with Gasteiger partial charge < -0.3 is 14.6 Å². The van der Waals surface area contributed by atoms with Crippen molar-refractivity contribution < 1.29 is 18.8 Å². The van der Waals surface area contributed by atoms with Gasteiger partial charge in [0.05, 0.1) is 6.42 Å². The van der Waals surface area contributed by atoms with Gasteiger partial charge in [-0.3, -0.25) is 9.59 Å². The fraction of sp³-hybridized carbons (Fsp3) is 0.429. The smallest absolute Gasteiger partial charge is 0.306 e. The number of nitrogens with zero attached hydrogens (tertiary/aromatic N) is 2. The molecule has 1 aliphatic rings. The van der Waals surface area contributed by atoms with Crippen LogP contribution >= 0.6 is 11.3 Å². The summed E-state index contributed by atoms with van der Waals surface area (Å²) in [5.74, 6) is 0.170. The normalized spacial score (nSPS) is 13.8. The maximum Gasteiger partial charge on any atom is 0.306 e. The molecule has 0 aliphatic heterocycles. The number of rotatable bonds is 7. The van der Waals surface area contributed by atoms with Crippen LogP contribution in [0.15, 0.2) is 21.3 Å². The minimum Gasteiger partial charge on any atom is -0.456 e. The molecule has 1 amide bonds. The molecule has 3 rings (SSSR count). The molecule has 0 spiro atoms. The van der Waals surface area contributed by atoms with E-state index in [-0.39, 0.29) is 25.0 Å². The quantitative estimate of drug-likeness (QED) is 0.778. The van der Waals surface area contributed by atoms with Gasteiger partial charge in [-0.15, -0.1) is 0 Å². The van der Waals surface area contributed by atoms with Crippen molar-refractivity contribution in [3.05, 3.63) is 22.7 Å². The van der Waals surface area contributed by atoms with E-state index in [0.29, 0.717) is 18.1 Å². The summed E-state index contributed by atoms with van der Waals surface area (Å²) >= 11 is 1.55. The number of nitrogens with one attached hydrogen (secondary N) is 1. The van der Waals surface area contributed by atoms with Crippen LogP contribution in [-0.2, 0) is 20.7 Å². The number of aromatic nitrogens is 2. The summed E-state index contributed by atoms with van der Waals surface area (Å²) in [4.78, 5) is 27.2. The van der Waals surface area contributed by atoms with Crippen LogP contribution in [-0.4, -0.2) is 34.7 Å². The molecule has 0 atom stereocenters. The molecule has 116 valence electrons. The monoisotopic (exact) mass is 321 g/mol. The van der Waals surface area contributed by atoms with Crippen molar-refractivity contribution in [1.29, 1.82) is 0 Å². The van der Waals surface area contributed by atoms with Gasteiger partial charge in [-0.2, -0.15) is 16.3 Å². The van der Waals surface area contributed by atoms with E-state index in [1.807, 2.05) is 16.8 Å². The Bertz CT molecular complexity index is 649. The average molecular weight is 321 g/mol. The molecule has 0 unspecified atom stereocenters. The second-order valence-corrected chi connectivity index (χ2v) is 5.81. The number of hydrogen-bond acceptors (Lipinski definition) is 7. The van der Waals surface area contributed by atoms with Gasteiger partial charge in [0.25, 0.3) is 5.91 Å². The number of amides is 1. The van der Waals surface area contributed by atoms with Crippen molar-refractivity contribution in [2.24, 2.45) is 0 Å². The van der Waals surface area contributed by atoms with Crippen LogP contribution in [0.5, 0.6) is 0 Å². The first-order valence-corrected chi connectivity index (χ1v) is 7.95. The molecule has 0 aromatic carbocycles. The minimum atomic E-state index is -0.457. The van der Waals surface area contributed by atoms with Gasteiger partial charge in [-0.1, -0.05) is 5.16 Å². The molecule has 8 heteroatoms. The predicted octanol–water partition coefficient (Wildman–Crippen LogP) is 1.55. The zero-order chi connectivity index (χ0) is 15.4. The van der Waals surface area contributed by atoms with Crippen LogP contribution in [0, 0.1) is 0 Å². The Hall–Kier alpha value is -2.22. The lowest BCUT2D eigenvalue weighted by atomic mass is 10.3. The largest absolute Gasteiger partial charge is 0.456 e. The van der Waals surface area contributed by atoms with Crippen LogP contribution in [0.4, 0.5) is 0 Å². The van der Waals surface area contributed by atoms with Crippen LogP contribution < -0.4 is 5.32 Å². The van der Waals surface area contributed by atoms with Crippen LogP contribution in [0.25, 0.3) is 11.4 Å². The average Bonchev–Trinajstić information content (AvgIpc) is 3.00. The highest BCUT2D eigenvalue weighted by Crippen LogP contribution is 2.19. The van der Waals surface area contributed by atoms with Gasteiger partial charge in [0.2, 0.25) is 11.7 Å². The molecular weight excluding hydrogens is 306 g/mol. The second kappa shape index (κ2) is 6.69. The molecular formula is C14H15N3O4S. The Balaban J connectivity index is 1.40. The Labute approximate surface area is 130 Å². The summed E-state index contributed by atoms with van der Waals surface area (Å²) in [6, 6.07) is 2.16. The molecule has 7 nitrogen and oxygen atoms in total. The fourth-order valence-electron chi connectivity index (χ4n) is 1.79. The highest BCUT2D eigenvalue weighted by atomic mass is 32.1. The molecule has 22 heavy (non-hydrogen) atoms. The first kappa shape index (κ1) is 14.7. The van der Waals surface area contributed by atoms with E-state index in [1.54, 1.807) is 11.3 Å². The van der Waals surface area contributed by atoms with Gasteiger partial charge in [0, 0.05) is 23.4 Å². The summed E-state index contributed by atoms with van der Waals surface area (Å²) in [5.41, 5.74) is 0.888. The van der Waals surface area contributed by atoms with Gasteiger partial charge in [0.15, 0.2) is 6.61 Å². The fourth-order valence-corrected chi connectivity index (χ4v) is 2.42. The maximum absolute atomic E-state index is 11.6. The van der Waals surface area contributed by atoms with Gasteiger partial charge in [-0.25, -0.2) is 0 Å². The molecule has 1 aliphatic carbocycles. The molecule has 0 saturated heterocycles. The zero-order valence-corrected chi connectivity index (χ0v) is 12.6. The molecule has 2 aromatic heterocycles. The van der Waals surface area contributed by atoms with Gasteiger partial charge >= 0.3 is 5.97 Å². The molecule has 1 N–H and O–H groups in total. The number of aryl methyl sites for hydroxylation is 1. The standard InChI is InChI=1S/C14H15N3O4S/c18-11(15-10-1-2-10)7-20-13(19)4-3-12-16-14(17-21-12)9-5-6-22-8-9/h5-6,8,10H,1-4,7H2,(H,15,18). The zero-order valence-electron chi connectivity index (χ0n) is 11.8. The highest BCUT2D eigenvalue weighted by Gasteiger charge is 2.23. The number of carbonyl (C=O) groups is 2. The number of esters is 1. The molecule has 1 saturated carbocycles. The number of ether oxygens (including phenoxy) is 1. The van der Waals surface area contributed by atoms with E-state index in [9.17, 15) is 9.59 Å². The molecule has 0 bridgehead atoms. The summed E-state index contributed by atoms with van der Waals surface area (Å²) in [5, 5.41) is 10.4. The van der Waals surface area contributed by atoms with Crippen molar-refractivity contribution in [3.63, 3.8) is 0 Å². The van der Waals surface area contributed by atoms with E-state index in [2.05, 4.69) is 15.5 Å². The Kier molecular flexibility index (Phi) is 4.47. The SMILES string of the molecule is O=C(COC(=O)CCc1nc(-c2ccsc2)no1)NC1CC1. The number of hydrogen-bond donors (Lipinski definition) is 1. The Morgan fingerprint density at radius 2 is 2.32 bits per heavy atom. The Morgan fingerprint density at radius 1 is 1.45 bits per heavy atom. The van der Waals surface area contributed by atoms with Crippen LogP contribution in [0.3, 0.4) is 0 Å². The topological polar surface area (TPSA) is 94.3 Å². The third-order valence-corrected chi connectivity index (χ3v) is 3.78. The number of thiophene rings is 1. The number of carbonyl (C=O) groups excluding carboxylic acids is 2. The van der Waals surface area contributed by atoms with Crippen molar-refractivity contribution in [2.75, 3.05) is 6.61 Å². The van der Waals surface area contributed by atoms with Crippen molar-refractivity contribution in [2.45, 2.75) is 31.7 Å². The Morgan fingerprint density at radius 3 is 3.05 bits per heavy atom. The van der Waals surface area contributed by atoms with Gasteiger partial charge in [0.1, 0.15) is 0 Å². The van der Waals surface area contributed by atoms with E-state index >= 15 is 0 Å². The summed E-state index contributed by atoms with van der Waals surface area (Å²) in [7, 11) is 0.